The van der Waals surface area contributed by atoms with Gasteiger partial charge in [0.15, 0.2) is 6.61 Å². The lowest BCUT2D eigenvalue weighted by atomic mass is 10.1. The minimum atomic E-state index is -3.01. The molecule has 1 heterocycles. The third kappa shape index (κ3) is 4.41. The molecule has 0 atom stereocenters. The molecule has 0 unspecified atom stereocenters. The highest BCUT2D eigenvalue weighted by Crippen LogP contribution is 2.38. The molecular weight excluding hydrogens is 378 g/mol. The zero-order chi connectivity index (χ0) is 19.4. The van der Waals surface area contributed by atoms with Gasteiger partial charge >= 0.3 is 12.6 Å². The van der Waals surface area contributed by atoms with E-state index in [1.54, 1.807) is 0 Å². The predicted octanol–water partition coefficient (Wildman–Crippen LogP) is 3.51. The van der Waals surface area contributed by atoms with Crippen LogP contribution in [0.25, 0.3) is 0 Å². The van der Waals surface area contributed by atoms with Gasteiger partial charge in [-0.2, -0.15) is 14.0 Å². The van der Waals surface area contributed by atoms with Crippen molar-refractivity contribution in [1.29, 1.82) is 5.26 Å². The second-order valence-electron chi connectivity index (χ2n) is 5.70. The van der Waals surface area contributed by atoms with Gasteiger partial charge in [0.2, 0.25) is 0 Å². The maximum atomic E-state index is 12.2. The SMILES string of the molecule is N#Cc1c(NC(=O)COC(=O)c2cccc(OC(F)F)c2)sc2c1CCC2. The van der Waals surface area contributed by atoms with Crippen LogP contribution in [0.5, 0.6) is 5.75 Å². The van der Waals surface area contributed by atoms with Crippen LogP contribution in [0.15, 0.2) is 24.3 Å². The highest BCUT2D eigenvalue weighted by atomic mass is 32.1. The first-order valence-electron chi connectivity index (χ1n) is 8.04. The zero-order valence-electron chi connectivity index (χ0n) is 14.0. The number of benzene rings is 1. The van der Waals surface area contributed by atoms with Gasteiger partial charge in [0.1, 0.15) is 16.8 Å². The van der Waals surface area contributed by atoms with Crippen LogP contribution in [0.3, 0.4) is 0 Å². The monoisotopic (exact) mass is 392 g/mol. The number of fused-ring (bicyclic) bond motifs is 1. The van der Waals surface area contributed by atoms with Crippen molar-refractivity contribution in [3.8, 4) is 11.8 Å². The number of esters is 1. The Balaban J connectivity index is 1.58. The Hall–Kier alpha value is -2.99. The number of halogens is 2. The topological polar surface area (TPSA) is 88.4 Å². The number of anilines is 1. The number of thiophene rings is 1. The molecule has 0 radical (unpaired) electrons. The van der Waals surface area contributed by atoms with E-state index in [9.17, 15) is 23.6 Å². The maximum absolute atomic E-state index is 12.2. The van der Waals surface area contributed by atoms with Gasteiger partial charge in [-0.1, -0.05) is 6.07 Å². The lowest BCUT2D eigenvalue weighted by Gasteiger charge is -2.08. The Morgan fingerprint density at radius 1 is 1.33 bits per heavy atom. The summed E-state index contributed by atoms with van der Waals surface area (Å²) in [4.78, 5) is 25.1. The van der Waals surface area contributed by atoms with Gasteiger partial charge in [-0.25, -0.2) is 4.79 Å². The van der Waals surface area contributed by atoms with Crippen LogP contribution >= 0.6 is 11.3 Å². The zero-order valence-corrected chi connectivity index (χ0v) is 14.8. The summed E-state index contributed by atoms with van der Waals surface area (Å²) < 4.78 is 33.6. The van der Waals surface area contributed by atoms with Gasteiger partial charge in [0.25, 0.3) is 5.91 Å². The summed E-state index contributed by atoms with van der Waals surface area (Å²) in [6, 6.07) is 7.20. The van der Waals surface area contributed by atoms with Crippen molar-refractivity contribution in [2.45, 2.75) is 25.9 Å². The first-order valence-corrected chi connectivity index (χ1v) is 8.86. The summed E-state index contributed by atoms with van der Waals surface area (Å²) >= 11 is 1.36. The van der Waals surface area contributed by atoms with Crippen LogP contribution in [0, 0.1) is 11.3 Å². The number of aryl methyl sites for hydroxylation is 1. The molecule has 1 aliphatic carbocycles. The standard InChI is InChI=1S/C18H14F2N2O4S/c19-18(20)26-11-4-1-3-10(7-11)17(24)25-9-15(23)22-16-13(8-21)12-5-2-6-14(12)27-16/h1,3-4,7,18H,2,5-6,9H2,(H,22,23). The van der Waals surface area contributed by atoms with Gasteiger partial charge in [-0.05, 0) is 43.0 Å². The molecule has 0 bridgehead atoms. The summed E-state index contributed by atoms with van der Waals surface area (Å²) in [7, 11) is 0. The Bertz CT molecular complexity index is 921. The summed E-state index contributed by atoms with van der Waals surface area (Å²) in [6.45, 7) is -3.57. The van der Waals surface area contributed by atoms with E-state index in [0.717, 1.165) is 35.8 Å². The number of nitrogens with zero attached hydrogens (tertiary/aromatic N) is 1. The van der Waals surface area contributed by atoms with Gasteiger partial charge < -0.3 is 14.8 Å². The van der Waals surface area contributed by atoms with Crippen LogP contribution in [-0.2, 0) is 22.4 Å². The van der Waals surface area contributed by atoms with Crippen molar-refractivity contribution < 1.29 is 27.8 Å². The van der Waals surface area contributed by atoms with E-state index in [4.69, 9.17) is 4.74 Å². The van der Waals surface area contributed by atoms with E-state index >= 15 is 0 Å². The number of alkyl halides is 2. The van der Waals surface area contributed by atoms with E-state index in [2.05, 4.69) is 16.1 Å². The number of carbonyl (C=O) groups is 2. The molecule has 3 rings (SSSR count). The highest BCUT2D eigenvalue weighted by molar-refractivity contribution is 7.16. The Morgan fingerprint density at radius 2 is 2.15 bits per heavy atom. The fourth-order valence-corrected chi connectivity index (χ4v) is 4.04. The summed E-state index contributed by atoms with van der Waals surface area (Å²) in [5.41, 5.74) is 1.42. The molecule has 1 N–H and O–H groups in total. The molecule has 1 aromatic carbocycles. The van der Waals surface area contributed by atoms with E-state index in [1.807, 2.05) is 0 Å². The van der Waals surface area contributed by atoms with E-state index in [-0.39, 0.29) is 11.3 Å². The quantitative estimate of drug-likeness (QED) is 0.760. The van der Waals surface area contributed by atoms with Gasteiger partial charge in [-0.15, -0.1) is 11.3 Å². The Kier molecular flexibility index (Phi) is 5.66. The molecule has 0 fully saturated rings. The lowest BCUT2D eigenvalue weighted by molar-refractivity contribution is -0.119. The average Bonchev–Trinajstić information content (AvgIpc) is 3.19. The first kappa shape index (κ1) is 18.8. The molecule has 9 heteroatoms. The third-order valence-corrected chi connectivity index (χ3v) is 5.12. The predicted molar refractivity (Wildman–Crippen MR) is 93.0 cm³/mol. The van der Waals surface area contributed by atoms with Crippen LogP contribution in [0.4, 0.5) is 13.8 Å². The van der Waals surface area contributed by atoms with Crippen molar-refractivity contribution in [1.82, 2.24) is 0 Å². The number of nitriles is 1. The summed E-state index contributed by atoms with van der Waals surface area (Å²) in [5.74, 6) is -1.62. The fraction of sp³-hybridized carbons (Fsp3) is 0.278. The molecule has 0 spiro atoms. The van der Waals surface area contributed by atoms with Crippen molar-refractivity contribution >= 4 is 28.2 Å². The molecule has 2 aromatic rings. The maximum Gasteiger partial charge on any atom is 0.387 e. The molecule has 6 nitrogen and oxygen atoms in total. The highest BCUT2D eigenvalue weighted by Gasteiger charge is 2.23. The number of rotatable bonds is 6. The van der Waals surface area contributed by atoms with Crippen molar-refractivity contribution in [3.05, 3.63) is 45.8 Å². The Morgan fingerprint density at radius 3 is 2.89 bits per heavy atom. The Labute approximate surface area is 157 Å². The number of hydrogen-bond acceptors (Lipinski definition) is 6. The molecule has 0 aliphatic heterocycles. The van der Waals surface area contributed by atoms with Crippen molar-refractivity contribution in [3.63, 3.8) is 0 Å². The molecule has 1 aliphatic rings. The fourth-order valence-electron chi connectivity index (χ4n) is 2.79. The normalized spacial score (nSPS) is 12.4. The minimum Gasteiger partial charge on any atom is -0.452 e. The summed E-state index contributed by atoms with van der Waals surface area (Å²) in [6.07, 6.45) is 2.70. The second-order valence-corrected chi connectivity index (χ2v) is 6.81. The average molecular weight is 392 g/mol. The number of carbonyl (C=O) groups excluding carboxylic acids is 2. The van der Waals surface area contributed by atoms with Crippen LogP contribution in [0.2, 0.25) is 0 Å². The molecular formula is C18H14F2N2O4S. The van der Waals surface area contributed by atoms with Gasteiger partial charge in [-0.3, -0.25) is 4.79 Å². The van der Waals surface area contributed by atoms with Crippen molar-refractivity contribution in [2.75, 3.05) is 11.9 Å². The molecule has 27 heavy (non-hydrogen) atoms. The molecule has 1 amide bonds. The number of nitrogens with one attached hydrogen (secondary N) is 1. The van der Waals surface area contributed by atoms with Gasteiger partial charge in [0.05, 0.1) is 11.1 Å². The number of amides is 1. The van der Waals surface area contributed by atoms with E-state index in [0.29, 0.717) is 10.6 Å². The minimum absolute atomic E-state index is 0.0197. The van der Waals surface area contributed by atoms with Gasteiger partial charge in [0, 0.05) is 4.88 Å². The molecule has 0 saturated heterocycles. The smallest absolute Gasteiger partial charge is 0.387 e. The van der Waals surface area contributed by atoms with Crippen LogP contribution < -0.4 is 10.1 Å². The largest absolute Gasteiger partial charge is 0.452 e. The lowest BCUT2D eigenvalue weighted by Crippen LogP contribution is -2.21. The molecule has 0 saturated carbocycles. The second kappa shape index (κ2) is 8.14. The molecule has 140 valence electrons. The van der Waals surface area contributed by atoms with Crippen molar-refractivity contribution in [2.24, 2.45) is 0 Å². The number of hydrogen-bond donors (Lipinski definition) is 1. The third-order valence-electron chi connectivity index (χ3n) is 3.92. The number of ether oxygens (including phenoxy) is 2. The first-order chi connectivity index (χ1) is 13.0. The van der Waals surface area contributed by atoms with Crippen LogP contribution in [0.1, 0.15) is 32.8 Å². The van der Waals surface area contributed by atoms with E-state index < -0.39 is 25.1 Å². The van der Waals surface area contributed by atoms with Crippen LogP contribution in [-0.4, -0.2) is 25.1 Å². The summed E-state index contributed by atoms with van der Waals surface area (Å²) in [5, 5.41) is 12.3. The molecule has 1 aromatic heterocycles. The van der Waals surface area contributed by atoms with E-state index in [1.165, 1.54) is 29.5 Å².